The molecule has 0 aromatic carbocycles. The smallest absolute Gasteiger partial charge is 0.263 e. The summed E-state index contributed by atoms with van der Waals surface area (Å²) in [5.41, 5.74) is -0.0137. The number of thiophene rings is 1. The second kappa shape index (κ2) is 8.74. The molecule has 150 valence electrons. The zero-order valence-electron chi connectivity index (χ0n) is 16.9. The van der Waals surface area contributed by atoms with Gasteiger partial charge in [0.1, 0.15) is 0 Å². The number of hydrogen-bond acceptors (Lipinski definition) is 4. The number of hydrogen-bond donors (Lipinski definition) is 1. The Labute approximate surface area is 167 Å². The number of amides is 2. The second-order valence-electron chi connectivity index (χ2n) is 8.77. The van der Waals surface area contributed by atoms with E-state index in [2.05, 4.69) is 31.0 Å². The molecule has 2 aliphatic rings. The maximum Gasteiger partial charge on any atom is 0.263 e. The van der Waals surface area contributed by atoms with Crippen LogP contribution in [0.25, 0.3) is 0 Å². The Morgan fingerprint density at radius 3 is 2.59 bits per heavy atom. The van der Waals surface area contributed by atoms with Gasteiger partial charge in [0.05, 0.1) is 4.88 Å². The van der Waals surface area contributed by atoms with E-state index >= 15 is 0 Å². The average Bonchev–Trinajstić information content (AvgIpc) is 3.20. The van der Waals surface area contributed by atoms with E-state index in [1.165, 1.54) is 24.2 Å². The zero-order valence-corrected chi connectivity index (χ0v) is 17.7. The van der Waals surface area contributed by atoms with E-state index < -0.39 is 0 Å². The van der Waals surface area contributed by atoms with E-state index in [0.717, 1.165) is 36.7 Å². The van der Waals surface area contributed by atoms with Gasteiger partial charge in [0.15, 0.2) is 0 Å². The van der Waals surface area contributed by atoms with Crippen LogP contribution in [0, 0.1) is 11.8 Å². The molecule has 2 aliphatic heterocycles. The van der Waals surface area contributed by atoms with Gasteiger partial charge in [0, 0.05) is 37.6 Å². The van der Waals surface area contributed by atoms with Gasteiger partial charge >= 0.3 is 0 Å². The molecule has 1 unspecified atom stereocenters. The molecule has 0 radical (unpaired) electrons. The molecule has 1 aromatic rings. The van der Waals surface area contributed by atoms with Crippen LogP contribution in [-0.2, 0) is 4.79 Å². The lowest BCUT2D eigenvalue weighted by atomic mass is 9.92. The molecular weight excluding hydrogens is 358 g/mol. The first-order valence-corrected chi connectivity index (χ1v) is 11.1. The molecule has 6 heteroatoms. The summed E-state index contributed by atoms with van der Waals surface area (Å²) in [6.45, 7) is 11.0. The number of nitrogens with zero attached hydrogens (tertiary/aromatic N) is 2. The monoisotopic (exact) mass is 391 g/mol. The van der Waals surface area contributed by atoms with Crippen LogP contribution in [0.3, 0.4) is 0 Å². The molecule has 27 heavy (non-hydrogen) atoms. The van der Waals surface area contributed by atoms with Crippen molar-refractivity contribution in [1.29, 1.82) is 0 Å². The minimum atomic E-state index is -0.0137. The van der Waals surface area contributed by atoms with Crippen LogP contribution >= 0.6 is 11.3 Å². The van der Waals surface area contributed by atoms with E-state index in [0.29, 0.717) is 19.6 Å². The van der Waals surface area contributed by atoms with Gasteiger partial charge in [0.2, 0.25) is 5.91 Å². The highest BCUT2D eigenvalue weighted by molar-refractivity contribution is 7.12. The van der Waals surface area contributed by atoms with Crippen molar-refractivity contribution < 1.29 is 9.59 Å². The van der Waals surface area contributed by atoms with Crippen LogP contribution in [0.1, 0.15) is 56.1 Å². The van der Waals surface area contributed by atoms with Gasteiger partial charge < -0.3 is 10.2 Å². The van der Waals surface area contributed by atoms with Crippen LogP contribution in [-0.4, -0.2) is 59.9 Å². The first kappa shape index (κ1) is 20.3. The van der Waals surface area contributed by atoms with Crippen LogP contribution < -0.4 is 5.32 Å². The van der Waals surface area contributed by atoms with Gasteiger partial charge in [-0.15, -0.1) is 11.3 Å². The normalized spacial score (nSPS) is 22.6. The lowest BCUT2D eigenvalue weighted by Gasteiger charge is -2.43. The molecule has 3 heterocycles. The number of carbonyl (C=O) groups is 2. The third-order valence-electron chi connectivity index (χ3n) is 6.09. The van der Waals surface area contributed by atoms with E-state index in [4.69, 9.17) is 0 Å². The number of nitrogens with one attached hydrogen (secondary N) is 1. The highest BCUT2D eigenvalue weighted by Crippen LogP contribution is 2.24. The average molecular weight is 392 g/mol. The fourth-order valence-electron chi connectivity index (χ4n) is 4.20. The summed E-state index contributed by atoms with van der Waals surface area (Å²) in [7, 11) is 0. The minimum absolute atomic E-state index is 0.0137. The standard InChI is InChI=1S/C21H33N3O2S/c1-16-6-4-10-24(14-16)21(2,3)15-22-19(25)17-8-11-23(12-9-17)20(26)18-7-5-13-27-18/h5,7,13,16-17H,4,6,8-12,14-15H2,1-3H3,(H,22,25). The van der Waals surface area contributed by atoms with E-state index in [9.17, 15) is 9.59 Å². The lowest BCUT2D eigenvalue weighted by molar-refractivity contribution is -0.127. The highest BCUT2D eigenvalue weighted by atomic mass is 32.1. The molecule has 0 aliphatic carbocycles. The van der Waals surface area contributed by atoms with E-state index in [-0.39, 0.29) is 23.3 Å². The molecule has 5 nitrogen and oxygen atoms in total. The third kappa shape index (κ3) is 5.11. The summed E-state index contributed by atoms with van der Waals surface area (Å²) >= 11 is 1.48. The number of rotatable bonds is 5. The Balaban J connectivity index is 1.44. The molecule has 0 saturated carbocycles. The van der Waals surface area contributed by atoms with Crippen molar-refractivity contribution in [2.75, 3.05) is 32.7 Å². The number of carbonyl (C=O) groups excluding carboxylic acids is 2. The van der Waals surface area contributed by atoms with E-state index in [1.807, 2.05) is 22.4 Å². The van der Waals surface area contributed by atoms with Crippen LogP contribution in [0.2, 0.25) is 0 Å². The molecule has 1 atom stereocenters. The summed E-state index contributed by atoms with van der Waals surface area (Å²) in [5, 5.41) is 5.12. The minimum Gasteiger partial charge on any atom is -0.354 e. The maximum absolute atomic E-state index is 12.7. The fourth-order valence-corrected chi connectivity index (χ4v) is 4.89. The summed E-state index contributed by atoms with van der Waals surface area (Å²) in [6, 6.07) is 3.78. The molecule has 1 aromatic heterocycles. The molecule has 2 fully saturated rings. The van der Waals surface area contributed by atoms with Crippen LogP contribution in [0.15, 0.2) is 17.5 Å². The molecule has 2 saturated heterocycles. The fraction of sp³-hybridized carbons (Fsp3) is 0.714. The summed E-state index contributed by atoms with van der Waals surface area (Å²) in [6.07, 6.45) is 4.06. The predicted molar refractivity (Wildman–Crippen MR) is 110 cm³/mol. The second-order valence-corrected chi connectivity index (χ2v) is 9.72. The van der Waals surface area contributed by atoms with Crippen molar-refractivity contribution in [2.45, 2.75) is 52.0 Å². The van der Waals surface area contributed by atoms with Gasteiger partial charge in [0.25, 0.3) is 5.91 Å². The van der Waals surface area contributed by atoms with Crippen molar-refractivity contribution in [3.8, 4) is 0 Å². The van der Waals surface area contributed by atoms with E-state index in [1.54, 1.807) is 0 Å². The largest absolute Gasteiger partial charge is 0.354 e. The zero-order chi connectivity index (χ0) is 19.4. The number of likely N-dealkylation sites (tertiary alicyclic amines) is 2. The van der Waals surface area contributed by atoms with Crippen molar-refractivity contribution >= 4 is 23.2 Å². The number of piperidine rings is 2. The van der Waals surface area contributed by atoms with Gasteiger partial charge in [-0.3, -0.25) is 14.5 Å². The summed E-state index contributed by atoms with van der Waals surface area (Å²) in [5.74, 6) is 1.01. The SMILES string of the molecule is CC1CCCN(C(C)(C)CNC(=O)C2CCN(C(=O)c3cccs3)CC2)C1. The van der Waals surface area contributed by atoms with Crippen molar-refractivity contribution in [3.05, 3.63) is 22.4 Å². The maximum atomic E-state index is 12.7. The van der Waals surface area contributed by atoms with Crippen molar-refractivity contribution in [2.24, 2.45) is 11.8 Å². The highest BCUT2D eigenvalue weighted by Gasteiger charge is 2.32. The summed E-state index contributed by atoms with van der Waals surface area (Å²) in [4.78, 5) is 30.3. The first-order chi connectivity index (χ1) is 12.9. The third-order valence-corrected chi connectivity index (χ3v) is 6.95. The van der Waals surface area contributed by atoms with Crippen LogP contribution in [0.5, 0.6) is 0 Å². The van der Waals surface area contributed by atoms with Gasteiger partial charge in [-0.05, 0) is 63.4 Å². The van der Waals surface area contributed by atoms with Crippen molar-refractivity contribution in [1.82, 2.24) is 15.1 Å². The first-order valence-electron chi connectivity index (χ1n) is 10.2. The van der Waals surface area contributed by atoms with Gasteiger partial charge in [-0.1, -0.05) is 13.0 Å². The Morgan fingerprint density at radius 2 is 1.96 bits per heavy atom. The molecular formula is C21H33N3O2S. The molecule has 2 amide bonds. The topological polar surface area (TPSA) is 52.7 Å². The molecule has 3 rings (SSSR count). The van der Waals surface area contributed by atoms with Crippen molar-refractivity contribution in [3.63, 3.8) is 0 Å². The molecule has 0 bridgehead atoms. The quantitative estimate of drug-likeness (QED) is 0.838. The van der Waals surface area contributed by atoms with Crippen LogP contribution in [0.4, 0.5) is 0 Å². The Bertz CT molecular complexity index is 636. The molecule has 1 N–H and O–H groups in total. The van der Waals surface area contributed by atoms with Gasteiger partial charge in [-0.25, -0.2) is 0 Å². The Morgan fingerprint density at radius 1 is 1.22 bits per heavy atom. The summed E-state index contributed by atoms with van der Waals surface area (Å²) < 4.78 is 0. The predicted octanol–water partition coefficient (Wildman–Crippen LogP) is 3.23. The lowest BCUT2D eigenvalue weighted by Crippen LogP contribution is -2.55. The Hall–Kier alpha value is -1.40. The Kier molecular flexibility index (Phi) is 6.58. The van der Waals surface area contributed by atoms with Gasteiger partial charge in [-0.2, -0.15) is 0 Å². The molecule has 0 spiro atoms.